The van der Waals surface area contributed by atoms with Gasteiger partial charge in [0.25, 0.3) is 5.76 Å². The number of hydrogen-bond donors (Lipinski definition) is 0. The fourth-order valence-corrected chi connectivity index (χ4v) is 0.573. The number of esters is 1. The van der Waals surface area contributed by atoms with E-state index in [4.69, 9.17) is 0 Å². The van der Waals surface area contributed by atoms with E-state index in [-0.39, 0.29) is 12.8 Å². The Morgan fingerprint density at radius 1 is 1.29 bits per heavy atom. The maximum Gasteiger partial charge on any atom is 0.455 e. The fourth-order valence-electron chi connectivity index (χ4n) is 0.573. The molecule has 0 N–H and O–H groups in total. The van der Waals surface area contributed by atoms with Crippen LogP contribution in [0.5, 0.6) is 0 Å². The summed E-state index contributed by atoms with van der Waals surface area (Å²) in [4.78, 5) is 10.5. The number of rotatable bonds is 3. The second-order valence-corrected chi connectivity index (χ2v) is 2.31. The van der Waals surface area contributed by atoms with Gasteiger partial charge in [0.15, 0.2) is 0 Å². The maximum absolute atomic E-state index is 11.8. The topological polar surface area (TPSA) is 26.3 Å². The molecule has 0 amide bonds. The summed E-state index contributed by atoms with van der Waals surface area (Å²) < 4.78 is 62.1. The molecule has 0 aliphatic carbocycles. The highest BCUT2D eigenvalue weighted by Gasteiger charge is 2.41. The first-order chi connectivity index (χ1) is 6.29. The normalized spacial score (nSPS) is 11.0. The molecule has 0 saturated carbocycles. The van der Waals surface area contributed by atoms with Gasteiger partial charge in [-0.15, -0.1) is 0 Å². The standard InChI is InChI=1S/C7H7F5O2/c1-2-3-4(13)14-5(6(8)9)7(10,11)12/h2-3H2,1H3. The summed E-state index contributed by atoms with van der Waals surface area (Å²) in [6, 6.07) is 0. The maximum atomic E-state index is 11.8. The first-order valence-corrected chi connectivity index (χ1v) is 3.62. The molecule has 7 heteroatoms. The number of alkyl halides is 3. The van der Waals surface area contributed by atoms with Gasteiger partial charge in [0, 0.05) is 6.42 Å². The predicted octanol–water partition coefficient (Wildman–Crippen LogP) is 3.00. The van der Waals surface area contributed by atoms with Crippen molar-refractivity contribution in [2.45, 2.75) is 25.9 Å². The summed E-state index contributed by atoms with van der Waals surface area (Å²) in [6.07, 6.45) is -8.52. The molecule has 2 nitrogen and oxygen atoms in total. The third-order valence-electron chi connectivity index (χ3n) is 1.10. The van der Waals surface area contributed by atoms with E-state index in [9.17, 15) is 26.7 Å². The van der Waals surface area contributed by atoms with Crippen LogP contribution in [-0.2, 0) is 9.53 Å². The number of halogens is 5. The van der Waals surface area contributed by atoms with E-state index in [0.29, 0.717) is 0 Å². The van der Waals surface area contributed by atoms with E-state index in [2.05, 4.69) is 4.74 Å². The van der Waals surface area contributed by atoms with Crippen LogP contribution in [0.15, 0.2) is 11.8 Å². The lowest BCUT2D eigenvalue weighted by Gasteiger charge is -2.09. The van der Waals surface area contributed by atoms with E-state index in [1.807, 2.05) is 0 Å². The summed E-state index contributed by atoms with van der Waals surface area (Å²) in [5.74, 6) is -3.86. The molecule has 0 unspecified atom stereocenters. The van der Waals surface area contributed by atoms with Crippen molar-refractivity contribution in [1.29, 1.82) is 0 Å². The van der Waals surface area contributed by atoms with Gasteiger partial charge in [-0.25, -0.2) is 0 Å². The third-order valence-corrected chi connectivity index (χ3v) is 1.10. The van der Waals surface area contributed by atoms with Crippen molar-refractivity contribution in [3.63, 3.8) is 0 Å². The van der Waals surface area contributed by atoms with Crippen LogP contribution in [0.2, 0.25) is 0 Å². The molecule has 0 aliphatic rings. The Morgan fingerprint density at radius 2 is 1.79 bits per heavy atom. The second-order valence-electron chi connectivity index (χ2n) is 2.31. The van der Waals surface area contributed by atoms with Crippen LogP contribution < -0.4 is 0 Å². The molecule has 0 spiro atoms. The van der Waals surface area contributed by atoms with Crippen molar-refractivity contribution in [1.82, 2.24) is 0 Å². The van der Waals surface area contributed by atoms with Crippen LogP contribution in [0.3, 0.4) is 0 Å². The van der Waals surface area contributed by atoms with E-state index in [1.54, 1.807) is 0 Å². The molecule has 0 rings (SSSR count). The summed E-state index contributed by atoms with van der Waals surface area (Å²) >= 11 is 0. The number of ether oxygens (including phenoxy) is 1. The highest BCUT2D eigenvalue weighted by Crippen LogP contribution is 2.30. The van der Waals surface area contributed by atoms with Gasteiger partial charge >= 0.3 is 18.2 Å². The molecule has 0 fully saturated rings. The van der Waals surface area contributed by atoms with Crippen molar-refractivity contribution in [2.24, 2.45) is 0 Å². The van der Waals surface area contributed by atoms with Crippen molar-refractivity contribution in [2.75, 3.05) is 0 Å². The molecular weight excluding hydrogens is 211 g/mol. The van der Waals surface area contributed by atoms with Gasteiger partial charge in [0.05, 0.1) is 0 Å². The molecule has 0 aromatic heterocycles. The van der Waals surface area contributed by atoms with Crippen molar-refractivity contribution in [3.8, 4) is 0 Å². The average Bonchev–Trinajstić information content (AvgIpc) is 1.98. The van der Waals surface area contributed by atoms with E-state index in [0.717, 1.165) is 0 Å². The highest BCUT2D eigenvalue weighted by molar-refractivity contribution is 5.70. The molecule has 0 aromatic carbocycles. The van der Waals surface area contributed by atoms with Crippen LogP contribution in [0, 0.1) is 0 Å². The summed E-state index contributed by atoms with van der Waals surface area (Å²) in [5.41, 5.74) is 0. The fraction of sp³-hybridized carbons (Fsp3) is 0.571. The predicted molar refractivity (Wildman–Crippen MR) is 36.3 cm³/mol. The Labute approximate surface area is 76.3 Å². The van der Waals surface area contributed by atoms with Crippen molar-refractivity contribution < 1.29 is 31.5 Å². The number of carbonyl (C=O) groups is 1. The zero-order valence-corrected chi connectivity index (χ0v) is 7.12. The highest BCUT2D eigenvalue weighted by atomic mass is 19.4. The third kappa shape index (κ3) is 4.20. The first kappa shape index (κ1) is 12.9. The van der Waals surface area contributed by atoms with Gasteiger partial charge in [-0.2, -0.15) is 22.0 Å². The average molecular weight is 218 g/mol. The van der Waals surface area contributed by atoms with Crippen molar-refractivity contribution >= 4 is 5.97 Å². The summed E-state index contributed by atoms with van der Waals surface area (Å²) in [6.45, 7) is 1.50. The van der Waals surface area contributed by atoms with Gasteiger partial charge in [-0.05, 0) is 6.42 Å². The molecule has 82 valence electrons. The summed E-state index contributed by atoms with van der Waals surface area (Å²) in [7, 11) is 0. The minimum Gasteiger partial charge on any atom is -0.415 e. The Kier molecular flexibility index (Phi) is 4.52. The smallest absolute Gasteiger partial charge is 0.415 e. The van der Waals surface area contributed by atoms with Gasteiger partial charge in [-0.1, -0.05) is 6.92 Å². The quantitative estimate of drug-likeness (QED) is 0.413. The zero-order chi connectivity index (χ0) is 11.4. The Balaban J connectivity index is 4.59. The lowest BCUT2D eigenvalue weighted by molar-refractivity contribution is -0.162. The summed E-state index contributed by atoms with van der Waals surface area (Å²) in [5, 5.41) is 0. The molecule has 0 saturated heterocycles. The van der Waals surface area contributed by atoms with E-state index >= 15 is 0 Å². The molecular formula is C7H7F5O2. The van der Waals surface area contributed by atoms with Gasteiger partial charge in [-0.3, -0.25) is 4.79 Å². The van der Waals surface area contributed by atoms with E-state index < -0.39 is 24.0 Å². The largest absolute Gasteiger partial charge is 0.455 e. The monoisotopic (exact) mass is 218 g/mol. The first-order valence-electron chi connectivity index (χ1n) is 3.62. The molecule has 0 aliphatic heterocycles. The van der Waals surface area contributed by atoms with Crippen LogP contribution in [0.1, 0.15) is 19.8 Å². The molecule has 0 radical (unpaired) electrons. The lowest BCUT2D eigenvalue weighted by atomic mass is 10.3. The Bertz CT molecular complexity index is 239. The minimum absolute atomic E-state index is 0.220. The molecule has 0 aromatic rings. The Morgan fingerprint density at radius 3 is 2.07 bits per heavy atom. The minimum atomic E-state index is -5.35. The lowest BCUT2D eigenvalue weighted by Crippen LogP contribution is -2.19. The van der Waals surface area contributed by atoms with Crippen LogP contribution in [0.25, 0.3) is 0 Å². The number of allylic oxidation sites excluding steroid dienone is 1. The van der Waals surface area contributed by atoms with Crippen LogP contribution >= 0.6 is 0 Å². The molecule has 0 heterocycles. The SMILES string of the molecule is CCCC(=O)OC(=C(F)F)C(F)(F)F. The molecule has 0 atom stereocenters. The van der Waals surface area contributed by atoms with Crippen LogP contribution in [0.4, 0.5) is 22.0 Å². The van der Waals surface area contributed by atoms with Gasteiger partial charge in [0.2, 0.25) is 0 Å². The van der Waals surface area contributed by atoms with Crippen molar-refractivity contribution in [3.05, 3.63) is 11.8 Å². The number of hydrogen-bond acceptors (Lipinski definition) is 2. The van der Waals surface area contributed by atoms with Crippen LogP contribution in [-0.4, -0.2) is 12.1 Å². The molecule has 14 heavy (non-hydrogen) atoms. The van der Waals surface area contributed by atoms with E-state index in [1.165, 1.54) is 6.92 Å². The molecule has 0 bridgehead atoms. The van der Waals surface area contributed by atoms with Gasteiger partial charge < -0.3 is 4.74 Å². The van der Waals surface area contributed by atoms with Gasteiger partial charge in [0.1, 0.15) is 0 Å². The Hall–Kier alpha value is -1.14. The number of carbonyl (C=O) groups excluding carboxylic acids is 1. The zero-order valence-electron chi connectivity index (χ0n) is 7.12. The second kappa shape index (κ2) is 4.92.